The smallest absolute Gasteiger partial charge is 0.346 e. The number of allylic oxidation sites excluding steroid dienone is 2. The van der Waals surface area contributed by atoms with Gasteiger partial charge in [-0.25, -0.2) is 4.79 Å². The zero-order valence-electron chi connectivity index (χ0n) is 13.8. The fraction of sp³-hybridized carbons (Fsp3) is 0.278. The number of hydrogen-bond acceptors (Lipinski definition) is 5. The molecule has 0 atom stereocenters. The minimum absolute atomic E-state index is 0.216. The molecule has 5 heteroatoms. The molecule has 0 saturated heterocycles. The topological polar surface area (TPSA) is 79.2 Å². The molecule has 0 bridgehead atoms. The number of hydrogen-bond donors (Lipinski definition) is 2. The number of rotatable bonds is 5. The van der Waals surface area contributed by atoms with Crippen molar-refractivity contribution >= 4 is 23.7 Å². The van der Waals surface area contributed by atoms with Gasteiger partial charge in [0, 0.05) is 25.0 Å². The van der Waals surface area contributed by atoms with E-state index in [4.69, 9.17) is 10.1 Å². The molecule has 0 aliphatic rings. The van der Waals surface area contributed by atoms with E-state index in [0.29, 0.717) is 11.1 Å². The van der Waals surface area contributed by atoms with Crippen molar-refractivity contribution in [3.05, 3.63) is 53.7 Å². The molecule has 0 heterocycles. The van der Waals surface area contributed by atoms with Crippen molar-refractivity contribution in [3.8, 4) is 0 Å². The Balaban J connectivity index is 3.23. The second-order valence-electron chi connectivity index (χ2n) is 5.93. The highest BCUT2D eigenvalue weighted by atomic mass is 16.6. The van der Waals surface area contributed by atoms with Crippen molar-refractivity contribution < 1.29 is 14.3 Å². The lowest BCUT2D eigenvalue weighted by atomic mass is 9.97. The SMILES string of the molecule is CN/C=C(C=N)/C=C(/C(=O)OC(=O)C(C)(C)C)c1ccccc1. The van der Waals surface area contributed by atoms with E-state index in [1.165, 1.54) is 6.08 Å². The summed E-state index contributed by atoms with van der Waals surface area (Å²) in [6.45, 7) is 5.04. The van der Waals surface area contributed by atoms with E-state index < -0.39 is 17.4 Å². The van der Waals surface area contributed by atoms with E-state index in [1.807, 2.05) is 6.07 Å². The molecule has 1 aromatic carbocycles. The summed E-state index contributed by atoms with van der Waals surface area (Å²) in [6.07, 6.45) is 4.20. The zero-order valence-corrected chi connectivity index (χ0v) is 13.8. The van der Waals surface area contributed by atoms with Crippen LogP contribution >= 0.6 is 0 Å². The molecule has 0 saturated carbocycles. The third-order valence-electron chi connectivity index (χ3n) is 2.89. The summed E-state index contributed by atoms with van der Waals surface area (Å²) in [6, 6.07) is 8.89. The van der Waals surface area contributed by atoms with Gasteiger partial charge in [-0.1, -0.05) is 30.3 Å². The first kappa shape index (κ1) is 18.4. The molecule has 1 aromatic rings. The number of carbonyl (C=O) groups is 2. The van der Waals surface area contributed by atoms with Crippen LogP contribution in [0, 0.1) is 10.8 Å². The van der Waals surface area contributed by atoms with Gasteiger partial charge >= 0.3 is 11.9 Å². The van der Waals surface area contributed by atoms with Crippen LogP contribution in [-0.4, -0.2) is 25.2 Å². The summed E-state index contributed by atoms with van der Waals surface area (Å²) in [5, 5.41) is 10.2. The summed E-state index contributed by atoms with van der Waals surface area (Å²) in [4.78, 5) is 24.4. The van der Waals surface area contributed by atoms with Gasteiger partial charge in [0.2, 0.25) is 0 Å². The fourth-order valence-electron chi connectivity index (χ4n) is 1.63. The normalized spacial score (nSPS) is 12.5. The Morgan fingerprint density at radius 3 is 2.26 bits per heavy atom. The predicted octanol–water partition coefficient (Wildman–Crippen LogP) is 2.94. The van der Waals surface area contributed by atoms with Gasteiger partial charge in [0.05, 0.1) is 11.0 Å². The van der Waals surface area contributed by atoms with Gasteiger partial charge in [-0.15, -0.1) is 0 Å². The van der Waals surface area contributed by atoms with Crippen molar-refractivity contribution in [2.75, 3.05) is 7.05 Å². The summed E-state index contributed by atoms with van der Waals surface area (Å²) in [7, 11) is 1.70. The first-order chi connectivity index (χ1) is 10.8. The number of carbonyl (C=O) groups excluding carboxylic acids is 2. The van der Waals surface area contributed by atoms with Crippen LogP contribution < -0.4 is 5.32 Å². The van der Waals surface area contributed by atoms with Gasteiger partial charge in [0.25, 0.3) is 0 Å². The van der Waals surface area contributed by atoms with Crippen LogP contribution in [-0.2, 0) is 14.3 Å². The molecule has 1 rings (SSSR count). The summed E-state index contributed by atoms with van der Waals surface area (Å²) >= 11 is 0. The third kappa shape index (κ3) is 5.54. The standard InChI is InChI=1S/C18H22N2O3/c1-18(2,3)17(22)23-16(21)15(10-13(11-19)12-20-4)14-8-6-5-7-9-14/h5-12,19-20H,1-4H3/b13-12-,15-10+,19-11?. The van der Waals surface area contributed by atoms with Crippen LogP contribution in [0.3, 0.4) is 0 Å². The molecule has 0 amide bonds. The van der Waals surface area contributed by atoms with Gasteiger partial charge in [-0.2, -0.15) is 0 Å². The molecular formula is C18H22N2O3. The average molecular weight is 314 g/mol. The quantitative estimate of drug-likeness (QED) is 0.288. The maximum absolute atomic E-state index is 12.4. The molecule has 0 unspecified atom stereocenters. The van der Waals surface area contributed by atoms with Crippen LogP contribution in [0.4, 0.5) is 0 Å². The Labute approximate surface area is 136 Å². The number of esters is 2. The van der Waals surface area contributed by atoms with Crippen molar-refractivity contribution in [1.29, 1.82) is 5.41 Å². The predicted molar refractivity (Wildman–Crippen MR) is 90.9 cm³/mol. The first-order valence-electron chi connectivity index (χ1n) is 7.21. The van der Waals surface area contributed by atoms with E-state index in [1.54, 1.807) is 58.3 Å². The van der Waals surface area contributed by atoms with Gasteiger partial charge in [0.15, 0.2) is 0 Å². The van der Waals surface area contributed by atoms with Crippen LogP contribution in [0.25, 0.3) is 5.57 Å². The van der Waals surface area contributed by atoms with E-state index >= 15 is 0 Å². The molecular weight excluding hydrogens is 292 g/mol. The van der Waals surface area contributed by atoms with Gasteiger partial charge in [-0.05, 0) is 32.4 Å². The third-order valence-corrected chi connectivity index (χ3v) is 2.89. The van der Waals surface area contributed by atoms with Crippen molar-refractivity contribution in [1.82, 2.24) is 5.32 Å². The summed E-state index contributed by atoms with van der Waals surface area (Å²) in [5.41, 5.74) is 0.533. The van der Waals surface area contributed by atoms with Crippen LogP contribution in [0.2, 0.25) is 0 Å². The zero-order chi connectivity index (χ0) is 17.5. The van der Waals surface area contributed by atoms with E-state index in [0.717, 1.165) is 6.21 Å². The highest BCUT2D eigenvalue weighted by Crippen LogP contribution is 2.21. The monoisotopic (exact) mass is 314 g/mol. The van der Waals surface area contributed by atoms with Crippen LogP contribution in [0.1, 0.15) is 26.3 Å². The summed E-state index contributed by atoms with van der Waals surface area (Å²) in [5.74, 6) is -1.33. The lowest BCUT2D eigenvalue weighted by Crippen LogP contribution is -2.26. The largest absolute Gasteiger partial charge is 0.393 e. The molecule has 5 nitrogen and oxygen atoms in total. The summed E-state index contributed by atoms with van der Waals surface area (Å²) < 4.78 is 4.99. The van der Waals surface area contributed by atoms with E-state index in [2.05, 4.69) is 5.32 Å². The van der Waals surface area contributed by atoms with Crippen molar-refractivity contribution in [3.63, 3.8) is 0 Å². The highest BCUT2D eigenvalue weighted by Gasteiger charge is 2.27. The fourth-order valence-corrected chi connectivity index (χ4v) is 1.63. The lowest BCUT2D eigenvalue weighted by Gasteiger charge is -2.16. The van der Waals surface area contributed by atoms with Crippen molar-refractivity contribution in [2.24, 2.45) is 5.41 Å². The Morgan fingerprint density at radius 1 is 1.17 bits per heavy atom. The average Bonchev–Trinajstić information content (AvgIpc) is 2.51. The second-order valence-corrected chi connectivity index (χ2v) is 5.93. The Bertz CT molecular complexity index is 638. The molecule has 0 fully saturated rings. The number of ether oxygens (including phenoxy) is 1. The van der Waals surface area contributed by atoms with Gasteiger partial charge in [-0.3, -0.25) is 4.79 Å². The van der Waals surface area contributed by atoms with Gasteiger partial charge < -0.3 is 15.5 Å². The molecule has 0 aromatic heterocycles. The van der Waals surface area contributed by atoms with Crippen molar-refractivity contribution in [2.45, 2.75) is 20.8 Å². The molecule has 0 radical (unpaired) electrons. The Kier molecular flexibility index (Phi) is 6.45. The highest BCUT2D eigenvalue weighted by molar-refractivity contribution is 6.20. The minimum atomic E-state index is -0.775. The minimum Gasteiger partial charge on any atom is -0.393 e. The maximum atomic E-state index is 12.4. The second kappa shape index (κ2) is 8.08. The van der Waals surface area contributed by atoms with Gasteiger partial charge in [0.1, 0.15) is 0 Å². The Hall–Kier alpha value is -2.69. The first-order valence-corrected chi connectivity index (χ1v) is 7.21. The van der Waals surface area contributed by atoms with E-state index in [9.17, 15) is 9.59 Å². The molecule has 0 aliphatic carbocycles. The Morgan fingerprint density at radius 2 is 1.78 bits per heavy atom. The van der Waals surface area contributed by atoms with Crippen LogP contribution in [0.5, 0.6) is 0 Å². The maximum Gasteiger partial charge on any atom is 0.346 e. The number of nitrogens with one attached hydrogen (secondary N) is 2. The van der Waals surface area contributed by atoms with E-state index in [-0.39, 0.29) is 5.57 Å². The molecule has 0 aliphatic heterocycles. The lowest BCUT2D eigenvalue weighted by molar-refractivity contribution is -0.161. The van der Waals surface area contributed by atoms with Crippen LogP contribution in [0.15, 0.2) is 48.2 Å². The molecule has 23 heavy (non-hydrogen) atoms. The molecule has 2 N–H and O–H groups in total. The molecule has 122 valence electrons. The number of benzene rings is 1. The molecule has 0 spiro atoms.